The molecular formula is C19H25N5O. The average Bonchev–Trinajstić information content (AvgIpc) is 3.38. The van der Waals surface area contributed by atoms with Gasteiger partial charge in [0.05, 0.1) is 5.92 Å². The van der Waals surface area contributed by atoms with Gasteiger partial charge in [-0.2, -0.15) is 5.10 Å². The van der Waals surface area contributed by atoms with E-state index in [1.165, 1.54) is 24.2 Å². The molecule has 1 saturated heterocycles. The molecule has 1 aromatic carbocycles. The number of aromatic nitrogens is 2. The van der Waals surface area contributed by atoms with Gasteiger partial charge in [0.25, 0.3) is 0 Å². The molecule has 0 bridgehead atoms. The van der Waals surface area contributed by atoms with Gasteiger partial charge in [0.1, 0.15) is 0 Å². The lowest BCUT2D eigenvalue weighted by Gasteiger charge is -2.36. The fraction of sp³-hybridized carbons (Fsp3) is 0.474. The molecule has 1 aromatic heterocycles. The number of benzene rings is 1. The standard InChI is InChI=1S/C19H25N5O/c1-13(19(20)25)14-4-6-16(7-5-14)23-8-10-24(11-9-23)18-12-17(21-22-18)15-2-3-15/h4-7,12-13,15H,2-3,8-11H2,1H3,(H2,20,25)(H,21,22). The molecule has 2 aromatic rings. The second-order valence-corrected chi connectivity index (χ2v) is 7.15. The van der Waals surface area contributed by atoms with Crippen LogP contribution in [0.4, 0.5) is 11.5 Å². The number of amides is 1. The van der Waals surface area contributed by atoms with Gasteiger partial charge in [-0.1, -0.05) is 12.1 Å². The normalized spacial score (nSPS) is 19.1. The Morgan fingerprint density at radius 3 is 2.40 bits per heavy atom. The minimum Gasteiger partial charge on any atom is -0.369 e. The van der Waals surface area contributed by atoms with Crippen molar-refractivity contribution in [3.63, 3.8) is 0 Å². The molecule has 3 N–H and O–H groups in total. The first-order chi connectivity index (χ1) is 12.1. The van der Waals surface area contributed by atoms with E-state index in [9.17, 15) is 4.79 Å². The van der Waals surface area contributed by atoms with Gasteiger partial charge in [-0.05, 0) is 37.5 Å². The van der Waals surface area contributed by atoms with Crippen molar-refractivity contribution in [2.45, 2.75) is 31.6 Å². The van der Waals surface area contributed by atoms with Gasteiger partial charge >= 0.3 is 0 Å². The van der Waals surface area contributed by atoms with Crippen molar-refractivity contribution in [3.05, 3.63) is 41.6 Å². The highest BCUT2D eigenvalue weighted by Crippen LogP contribution is 2.39. The minimum atomic E-state index is -0.286. The summed E-state index contributed by atoms with van der Waals surface area (Å²) in [5.74, 6) is 1.26. The zero-order chi connectivity index (χ0) is 17.4. The van der Waals surface area contributed by atoms with Crippen LogP contribution in [0.25, 0.3) is 0 Å². The highest BCUT2D eigenvalue weighted by atomic mass is 16.1. The van der Waals surface area contributed by atoms with Crippen LogP contribution in [0.2, 0.25) is 0 Å². The van der Waals surface area contributed by atoms with Crippen molar-refractivity contribution in [1.82, 2.24) is 10.2 Å². The molecule has 6 nitrogen and oxygen atoms in total. The molecule has 1 atom stereocenters. The maximum absolute atomic E-state index is 11.3. The van der Waals surface area contributed by atoms with Crippen LogP contribution in [0, 0.1) is 0 Å². The van der Waals surface area contributed by atoms with E-state index in [1.807, 2.05) is 19.1 Å². The molecule has 25 heavy (non-hydrogen) atoms. The first-order valence-corrected chi connectivity index (χ1v) is 9.06. The Hall–Kier alpha value is -2.50. The Kier molecular flexibility index (Phi) is 4.11. The number of rotatable bonds is 5. The number of carbonyl (C=O) groups excluding carboxylic acids is 1. The molecule has 1 aliphatic carbocycles. The third-order valence-electron chi connectivity index (χ3n) is 5.39. The summed E-state index contributed by atoms with van der Waals surface area (Å²) in [5.41, 5.74) is 8.84. The molecule has 2 heterocycles. The number of hydrogen-bond acceptors (Lipinski definition) is 4. The third-order valence-corrected chi connectivity index (χ3v) is 5.39. The predicted octanol–water partition coefficient (Wildman–Crippen LogP) is 2.20. The molecular weight excluding hydrogens is 314 g/mol. The fourth-order valence-corrected chi connectivity index (χ4v) is 3.42. The molecule has 2 fully saturated rings. The highest BCUT2D eigenvalue weighted by Gasteiger charge is 2.27. The molecule has 1 aliphatic heterocycles. The van der Waals surface area contributed by atoms with E-state index in [4.69, 9.17) is 5.73 Å². The molecule has 1 unspecified atom stereocenters. The Morgan fingerprint density at radius 1 is 1.16 bits per heavy atom. The lowest BCUT2D eigenvalue weighted by Crippen LogP contribution is -2.46. The number of nitrogens with one attached hydrogen (secondary N) is 1. The van der Waals surface area contributed by atoms with Crippen molar-refractivity contribution >= 4 is 17.4 Å². The number of H-pyrrole nitrogens is 1. The molecule has 6 heteroatoms. The second kappa shape index (κ2) is 6.43. The molecule has 132 valence electrons. The minimum absolute atomic E-state index is 0.244. The Balaban J connectivity index is 1.37. The van der Waals surface area contributed by atoms with Crippen LogP contribution in [-0.2, 0) is 4.79 Å². The molecule has 1 saturated carbocycles. The maximum atomic E-state index is 11.3. The highest BCUT2D eigenvalue weighted by molar-refractivity contribution is 5.81. The number of primary amides is 1. The Bertz CT molecular complexity index is 741. The van der Waals surface area contributed by atoms with E-state index in [1.54, 1.807) is 0 Å². The van der Waals surface area contributed by atoms with Crippen LogP contribution < -0.4 is 15.5 Å². The van der Waals surface area contributed by atoms with E-state index >= 15 is 0 Å². The largest absolute Gasteiger partial charge is 0.369 e. The molecule has 1 amide bonds. The average molecular weight is 339 g/mol. The summed E-state index contributed by atoms with van der Waals surface area (Å²) in [6.45, 7) is 5.71. The van der Waals surface area contributed by atoms with Gasteiger partial charge in [0.2, 0.25) is 5.91 Å². The van der Waals surface area contributed by atoms with Crippen molar-refractivity contribution in [1.29, 1.82) is 0 Å². The fourth-order valence-electron chi connectivity index (χ4n) is 3.42. The lowest BCUT2D eigenvalue weighted by molar-refractivity contribution is -0.119. The van der Waals surface area contributed by atoms with Gasteiger partial charge in [0, 0.05) is 49.5 Å². The quantitative estimate of drug-likeness (QED) is 0.875. The van der Waals surface area contributed by atoms with Crippen LogP contribution in [-0.4, -0.2) is 42.3 Å². The van der Waals surface area contributed by atoms with Gasteiger partial charge in [-0.25, -0.2) is 0 Å². The summed E-state index contributed by atoms with van der Waals surface area (Å²) < 4.78 is 0. The SMILES string of the molecule is CC(C(N)=O)c1ccc(N2CCN(c3cc(C4CC4)[nH]n3)CC2)cc1. The van der Waals surface area contributed by atoms with Crippen molar-refractivity contribution in [2.75, 3.05) is 36.0 Å². The summed E-state index contributed by atoms with van der Waals surface area (Å²) in [6.07, 6.45) is 2.58. The monoisotopic (exact) mass is 339 g/mol. The van der Waals surface area contributed by atoms with E-state index in [0.29, 0.717) is 5.92 Å². The Labute approximate surface area is 148 Å². The molecule has 2 aliphatic rings. The predicted molar refractivity (Wildman–Crippen MR) is 99.0 cm³/mol. The first kappa shape index (κ1) is 16.0. The number of hydrogen-bond donors (Lipinski definition) is 2. The zero-order valence-corrected chi connectivity index (χ0v) is 14.6. The summed E-state index contributed by atoms with van der Waals surface area (Å²) in [4.78, 5) is 16.0. The summed E-state index contributed by atoms with van der Waals surface area (Å²) in [7, 11) is 0. The smallest absolute Gasteiger partial charge is 0.224 e. The summed E-state index contributed by atoms with van der Waals surface area (Å²) >= 11 is 0. The summed E-state index contributed by atoms with van der Waals surface area (Å²) in [5, 5.41) is 7.68. The lowest BCUT2D eigenvalue weighted by atomic mass is 10.0. The molecule has 0 spiro atoms. The van der Waals surface area contributed by atoms with Crippen LogP contribution >= 0.6 is 0 Å². The van der Waals surface area contributed by atoms with Crippen molar-refractivity contribution in [2.24, 2.45) is 5.73 Å². The number of aromatic amines is 1. The van der Waals surface area contributed by atoms with E-state index in [0.717, 1.165) is 37.6 Å². The van der Waals surface area contributed by atoms with Crippen LogP contribution in [0.15, 0.2) is 30.3 Å². The topological polar surface area (TPSA) is 78.3 Å². The van der Waals surface area contributed by atoms with Crippen LogP contribution in [0.1, 0.15) is 42.9 Å². The number of nitrogens with two attached hydrogens (primary N) is 1. The second-order valence-electron chi connectivity index (χ2n) is 7.15. The number of nitrogens with zero attached hydrogens (tertiary/aromatic N) is 3. The van der Waals surface area contributed by atoms with E-state index < -0.39 is 0 Å². The van der Waals surface area contributed by atoms with Gasteiger partial charge in [-0.15, -0.1) is 0 Å². The van der Waals surface area contributed by atoms with Crippen LogP contribution in [0.5, 0.6) is 0 Å². The van der Waals surface area contributed by atoms with Crippen molar-refractivity contribution < 1.29 is 4.79 Å². The molecule has 0 radical (unpaired) electrons. The van der Waals surface area contributed by atoms with E-state index in [2.05, 4.69) is 38.2 Å². The van der Waals surface area contributed by atoms with Gasteiger partial charge in [-0.3, -0.25) is 9.89 Å². The zero-order valence-electron chi connectivity index (χ0n) is 14.6. The first-order valence-electron chi connectivity index (χ1n) is 9.06. The third kappa shape index (κ3) is 3.34. The molecule has 4 rings (SSSR count). The van der Waals surface area contributed by atoms with Crippen LogP contribution in [0.3, 0.4) is 0 Å². The number of anilines is 2. The number of carbonyl (C=O) groups is 1. The van der Waals surface area contributed by atoms with E-state index in [-0.39, 0.29) is 11.8 Å². The summed E-state index contributed by atoms with van der Waals surface area (Å²) in [6, 6.07) is 10.4. The van der Waals surface area contributed by atoms with Gasteiger partial charge in [0.15, 0.2) is 5.82 Å². The van der Waals surface area contributed by atoms with Crippen molar-refractivity contribution in [3.8, 4) is 0 Å². The Morgan fingerprint density at radius 2 is 1.80 bits per heavy atom. The maximum Gasteiger partial charge on any atom is 0.224 e. The number of piperazine rings is 1. The van der Waals surface area contributed by atoms with Gasteiger partial charge < -0.3 is 15.5 Å².